The van der Waals surface area contributed by atoms with E-state index in [0.717, 1.165) is 17.1 Å². The maximum absolute atomic E-state index is 11.9. The van der Waals surface area contributed by atoms with Crippen LogP contribution >= 0.6 is 0 Å². The van der Waals surface area contributed by atoms with Crippen molar-refractivity contribution in [1.82, 2.24) is 0 Å². The van der Waals surface area contributed by atoms with Gasteiger partial charge in [0.25, 0.3) is 0 Å². The third-order valence-electron chi connectivity index (χ3n) is 2.97. The van der Waals surface area contributed by atoms with Gasteiger partial charge in [0.15, 0.2) is 0 Å². The molecule has 22 heavy (non-hydrogen) atoms. The molecule has 2 rings (SSSR count). The summed E-state index contributed by atoms with van der Waals surface area (Å²) in [6, 6.07) is 17.2. The van der Waals surface area contributed by atoms with Gasteiger partial charge in [0.2, 0.25) is 5.91 Å². The molecule has 0 bridgehead atoms. The summed E-state index contributed by atoms with van der Waals surface area (Å²) in [6.07, 6.45) is 0.509. The Morgan fingerprint density at radius 2 is 1.73 bits per heavy atom. The summed E-state index contributed by atoms with van der Waals surface area (Å²) in [7, 11) is 0. The van der Waals surface area contributed by atoms with Gasteiger partial charge in [0.05, 0.1) is 11.8 Å². The first-order valence-corrected chi connectivity index (χ1v) is 7.49. The van der Waals surface area contributed by atoms with Crippen LogP contribution in [0.3, 0.4) is 0 Å². The molecule has 2 aromatic rings. The zero-order valence-corrected chi connectivity index (χ0v) is 13.0. The molecule has 116 valence electrons. The van der Waals surface area contributed by atoms with E-state index in [1.807, 2.05) is 68.4 Å². The Hall–Kier alpha value is -2.49. The third-order valence-corrected chi connectivity index (χ3v) is 2.97. The smallest absolute Gasteiger partial charge is 0.226 e. The standard InChI is InChI=1S/C18H22N2O2/c1-14(2)22-17-11-7-6-10-16(17)19-13-12-18(21)20-15-8-4-3-5-9-15/h3-11,14,19H,12-13H2,1-2H3,(H,20,21). The second-order valence-corrected chi connectivity index (χ2v) is 5.25. The van der Waals surface area contributed by atoms with Crippen molar-refractivity contribution >= 4 is 17.3 Å². The normalized spacial score (nSPS) is 10.3. The lowest BCUT2D eigenvalue weighted by atomic mass is 10.2. The molecule has 4 heteroatoms. The van der Waals surface area contributed by atoms with Gasteiger partial charge in [-0.15, -0.1) is 0 Å². The fourth-order valence-electron chi connectivity index (χ4n) is 2.03. The van der Waals surface area contributed by atoms with Gasteiger partial charge in [-0.25, -0.2) is 0 Å². The highest BCUT2D eigenvalue weighted by Crippen LogP contribution is 2.24. The summed E-state index contributed by atoms with van der Waals surface area (Å²) in [6.45, 7) is 4.53. The van der Waals surface area contributed by atoms with Crippen LogP contribution in [0, 0.1) is 0 Å². The molecule has 0 unspecified atom stereocenters. The lowest BCUT2D eigenvalue weighted by Crippen LogP contribution is -2.16. The summed E-state index contributed by atoms with van der Waals surface area (Å²) in [5, 5.41) is 6.11. The highest BCUT2D eigenvalue weighted by Gasteiger charge is 2.06. The number of amides is 1. The lowest BCUT2D eigenvalue weighted by Gasteiger charge is -2.15. The van der Waals surface area contributed by atoms with E-state index >= 15 is 0 Å². The Morgan fingerprint density at radius 1 is 1.05 bits per heavy atom. The Morgan fingerprint density at radius 3 is 2.45 bits per heavy atom. The molecule has 0 aliphatic rings. The molecule has 4 nitrogen and oxygen atoms in total. The molecule has 0 saturated heterocycles. The molecule has 0 aromatic heterocycles. The predicted molar refractivity (Wildman–Crippen MR) is 90.4 cm³/mol. The number of carbonyl (C=O) groups excluding carboxylic acids is 1. The molecule has 0 heterocycles. The van der Waals surface area contributed by atoms with Gasteiger partial charge in [0.1, 0.15) is 5.75 Å². The molecule has 0 spiro atoms. The van der Waals surface area contributed by atoms with E-state index in [1.54, 1.807) is 0 Å². The molecule has 2 N–H and O–H groups in total. The number of nitrogens with one attached hydrogen (secondary N) is 2. The van der Waals surface area contributed by atoms with Crippen molar-refractivity contribution in [2.24, 2.45) is 0 Å². The largest absolute Gasteiger partial charge is 0.489 e. The minimum Gasteiger partial charge on any atom is -0.489 e. The first-order chi connectivity index (χ1) is 10.6. The van der Waals surface area contributed by atoms with Crippen LogP contribution in [0.4, 0.5) is 11.4 Å². The molecule has 2 aromatic carbocycles. The maximum Gasteiger partial charge on any atom is 0.226 e. The summed E-state index contributed by atoms with van der Waals surface area (Å²) < 4.78 is 5.74. The van der Waals surface area contributed by atoms with Crippen molar-refractivity contribution in [3.63, 3.8) is 0 Å². The number of hydrogen-bond acceptors (Lipinski definition) is 3. The fourth-order valence-corrected chi connectivity index (χ4v) is 2.03. The highest BCUT2D eigenvalue weighted by molar-refractivity contribution is 5.90. The maximum atomic E-state index is 11.9. The quantitative estimate of drug-likeness (QED) is 0.814. The van der Waals surface area contributed by atoms with Gasteiger partial charge in [-0.1, -0.05) is 30.3 Å². The van der Waals surface area contributed by atoms with Crippen molar-refractivity contribution in [3.05, 3.63) is 54.6 Å². The van der Waals surface area contributed by atoms with Crippen molar-refractivity contribution < 1.29 is 9.53 Å². The van der Waals surface area contributed by atoms with Gasteiger partial charge in [-0.3, -0.25) is 4.79 Å². The number of benzene rings is 2. The molecule has 0 saturated carbocycles. The summed E-state index contributed by atoms with van der Waals surface area (Å²) in [5.74, 6) is 0.793. The van der Waals surface area contributed by atoms with Crippen LogP contribution in [0.2, 0.25) is 0 Å². The third kappa shape index (κ3) is 5.13. The number of rotatable bonds is 7. The van der Waals surface area contributed by atoms with Gasteiger partial charge in [-0.2, -0.15) is 0 Å². The highest BCUT2D eigenvalue weighted by atomic mass is 16.5. The second-order valence-electron chi connectivity index (χ2n) is 5.25. The van der Waals surface area contributed by atoms with Gasteiger partial charge >= 0.3 is 0 Å². The van der Waals surface area contributed by atoms with Crippen LogP contribution in [0.1, 0.15) is 20.3 Å². The monoisotopic (exact) mass is 298 g/mol. The molecule has 0 radical (unpaired) electrons. The van der Waals surface area contributed by atoms with E-state index in [2.05, 4.69) is 10.6 Å². The van der Waals surface area contributed by atoms with Gasteiger partial charge < -0.3 is 15.4 Å². The molecule has 0 aliphatic carbocycles. The van der Waals surface area contributed by atoms with Crippen molar-refractivity contribution in [2.45, 2.75) is 26.4 Å². The van der Waals surface area contributed by atoms with E-state index in [-0.39, 0.29) is 12.0 Å². The van der Waals surface area contributed by atoms with Crippen molar-refractivity contribution in [2.75, 3.05) is 17.2 Å². The lowest BCUT2D eigenvalue weighted by molar-refractivity contribution is -0.115. The average molecular weight is 298 g/mol. The van der Waals surface area contributed by atoms with Crippen LogP contribution in [0.15, 0.2) is 54.6 Å². The Kier molecular flexibility index (Phi) is 5.83. The van der Waals surface area contributed by atoms with Crippen molar-refractivity contribution in [1.29, 1.82) is 0 Å². The minimum atomic E-state index is -0.0130. The van der Waals surface area contributed by atoms with Crippen LogP contribution in [-0.2, 0) is 4.79 Å². The average Bonchev–Trinajstić information content (AvgIpc) is 2.49. The van der Waals surface area contributed by atoms with Crippen molar-refractivity contribution in [3.8, 4) is 5.75 Å². The summed E-state index contributed by atoms with van der Waals surface area (Å²) in [4.78, 5) is 11.9. The molecular weight excluding hydrogens is 276 g/mol. The Balaban J connectivity index is 1.82. The predicted octanol–water partition coefficient (Wildman–Crippen LogP) is 3.91. The SMILES string of the molecule is CC(C)Oc1ccccc1NCCC(=O)Nc1ccccc1. The number of hydrogen-bond donors (Lipinski definition) is 2. The molecule has 0 fully saturated rings. The topological polar surface area (TPSA) is 50.4 Å². The fraction of sp³-hybridized carbons (Fsp3) is 0.278. The van der Waals surface area contributed by atoms with E-state index < -0.39 is 0 Å². The van der Waals surface area contributed by atoms with Crippen LogP contribution < -0.4 is 15.4 Å². The van der Waals surface area contributed by atoms with Crippen LogP contribution in [0.25, 0.3) is 0 Å². The van der Waals surface area contributed by atoms with E-state index in [4.69, 9.17) is 4.74 Å². The Bertz CT molecular complexity index is 597. The number of para-hydroxylation sites is 3. The van der Waals surface area contributed by atoms with Crippen LogP contribution in [0.5, 0.6) is 5.75 Å². The molecule has 0 aliphatic heterocycles. The van der Waals surface area contributed by atoms with E-state index in [9.17, 15) is 4.79 Å². The zero-order chi connectivity index (χ0) is 15.8. The first kappa shape index (κ1) is 15.9. The Labute approximate surface area is 131 Å². The van der Waals surface area contributed by atoms with Crippen LogP contribution in [-0.4, -0.2) is 18.6 Å². The van der Waals surface area contributed by atoms with Gasteiger partial charge in [-0.05, 0) is 38.1 Å². The molecule has 1 amide bonds. The number of anilines is 2. The second kappa shape index (κ2) is 8.08. The molecular formula is C18H22N2O2. The molecule has 0 atom stereocenters. The summed E-state index contributed by atoms with van der Waals surface area (Å²) in [5.41, 5.74) is 1.72. The van der Waals surface area contributed by atoms with E-state index in [1.165, 1.54) is 0 Å². The first-order valence-electron chi connectivity index (χ1n) is 7.49. The summed E-state index contributed by atoms with van der Waals surface area (Å²) >= 11 is 0. The van der Waals surface area contributed by atoms with Gasteiger partial charge in [0, 0.05) is 18.7 Å². The zero-order valence-electron chi connectivity index (χ0n) is 13.0. The minimum absolute atomic E-state index is 0.0130. The number of ether oxygens (including phenoxy) is 1. The number of carbonyl (C=O) groups is 1. The van der Waals surface area contributed by atoms with E-state index in [0.29, 0.717) is 13.0 Å².